The molecular formula is C28H36N2O6. The minimum Gasteiger partial charge on any atom is -0.465 e. The lowest BCUT2D eigenvalue weighted by Gasteiger charge is -2.29. The van der Waals surface area contributed by atoms with Crippen LogP contribution in [0.5, 0.6) is 0 Å². The van der Waals surface area contributed by atoms with E-state index in [0.29, 0.717) is 30.8 Å². The van der Waals surface area contributed by atoms with E-state index in [4.69, 9.17) is 14.2 Å². The molecule has 0 N–H and O–H groups in total. The van der Waals surface area contributed by atoms with Crippen LogP contribution in [0.25, 0.3) is 0 Å². The van der Waals surface area contributed by atoms with Crippen molar-refractivity contribution in [2.24, 2.45) is 0 Å². The molecule has 0 atom stereocenters. The van der Waals surface area contributed by atoms with Gasteiger partial charge in [-0.2, -0.15) is 0 Å². The quantitative estimate of drug-likeness (QED) is 0.348. The number of methoxy groups -OCH3 is 2. The van der Waals surface area contributed by atoms with Crippen LogP contribution in [0.15, 0.2) is 36.4 Å². The zero-order valence-electron chi connectivity index (χ0n) is 21.7. The average Bonchev–Trinajstić information content (AvgIpc) is 2.91. The summed E-state index contributed by atoms with van der Waals surface area (Å²) < 4.78 is 14.8. The topological polar surface area (TPSA) is 85.4 Å². The highest BCUT2D eigenvalue weighted by Gasteiger charge is 2.26. The second kappa shape index (κ2) is 13.1. The van der Waals surface area contributed by atoms with Crippen molar-refractivity contribution in [2.75, 3.05) is 41.0 Å². The highest BCUT2D eigenvalue weighted by molar-refractivity contribution is 5.92. The number of amides is 1. The summed E-state index contributed by atoms with van der Waals surface area (Å²) in [6, 6.07) is 11.4. The fraction of sp³-hybridized carbons (Fsp3) is 0.464. The molecule has 2 aromatic carbocycles. The van der Waals surface area contributed by atoms with Crippen molar-refractivity contribution < 1.29 is 28.6 Å². The Morgan fingerprint density at radius 1 is 0.833 bits per heavy atom. The molecule has 0 saturated heterocycles. The van der Waals surface area contributed by atoms with E-state index in [9.17, 15) is 14.4 Å². The van der Waals surface area contributed by atoms with Crippen LogP contribution in [-0.2, 0) is 40.1 Å². The molecule has 8 heteroatoms. The van der Waals surface area contributed by atoms with Gasteiger partial charge < -0.3 is 24.0 Å². The van der Waals surface area contributed by atoms with E-state index < -0.39 is 0 Å². The number of rotatable bonds is 5. The number of hydrogen-bond acceptors (Lipinski definition) is 7. The molecule has 2 heterocycles. The van der Waals surface area contributed by atoms with Crippen molar-refractivity contribution in [1.82, 2.24) is 9.80 Å². The first kappa shape index (κ1) is 27.2. The molecule has 0 spiro atoms. The van der Waals surface area contributed by atoms with Gasteiger partial charge in [-0.05, 0) is 60.7 Å². The minimum absolute atomic E-state index is 0.234. The number of carbonyl (C=O) groups excluding carboxylic acids is 3. The molecule has 0 unspecified atom stereocenters. The number of hydrogen-bond donors (Lipinski definition) is 0. The standard InChI is InChI=1S/C16H21NO4.C12H15NO2/c1-3-4-10-21-16(19)17-9-8-12-6-5-7-13(14(12)11-17)15(18)20-2;1-13-7-6-9-4-3-5-10(11(9)8-13)12(14)15-2/h5-7H,3-4,8-11H2,1-2H3;3-5H,6-8H2,1-2H3. The number of carbonyl (C=O) groups is 3. The van der Waals surface area contributed by atoms with Gasteiger partial charge in [0.2, 0.25) is 0 Å². The molecule has 0 bridgehead atoms. The van der Waals surface area contributed by atoms with E-state index in [1.807, 2.05) is 31.2 Å². The van der Waals surface area contributed by atoms with E-state index in [1.165, 1.54) is 19.8 Å². The van der Waals surface area contributed by atoms with Gasteiger partial charge in [0.1, 0.15) is 0 Å². The smallest absolute Gasteiger partial charge is 0.410 e. The maximum atomic E-state index is 12.0. The van der Waals surface area contributed by atoms with Crippen molar-refractivity contribution in [1.29, 1.82) is 0 Å². The normalized spacial score (nSPS) is 14.5. The SMILES string of the molecule is CCCCOC(=O)N1CCc2cccc(C(=O)OC)c2C1.COC(=O)c1cccc2c1CN(C)CC2. The molecule has 2 aliphatic rings. The highest BCUT2D eigenvalue weighted by atomic mass is 16.6. The monoisotopic (exact) mass is 496 g/mol. The lowest BCUT2D eigenvalue weighted by molar-refractivity contribution is 0.0588. The number of nitrogens with zero attached hydrogens (tertiary/aromatic N) is 2. The number of benzene rings is 2. The third-order valence-corrected chi connectivity index (χ3v) is 6.53. The summed E-state index contributed by atoms with van der Waals surface area (Å²) in [5.41, 5.74) is 5.59. The Kier molecular flexibility index (Phi) is 9.87. The molecule has 0 aliphatic carbocycles. The minimum atomic E-state index is -0.368. The zero-order chi connectivity index (χ0) is 26.1. The van der Waals surface area contributed by atoms with Crippen molar-refractivity contribution in [3.8, 4) is 0 Å². The molecule has 0 fully saturated rings. The zero-order valence-corrected chi connectivity index (χ0v) is 21.7. The van der Waals surface area contributed by atoms with Crippen LogP contribution in [0.4, 0.5) is 4.79 Å². The molecular weight excluding hydrogens is 460 g/mol. The third-order valence-electron chi connectivity index (χ3n) is 6.53. The Bertz CT molecular complexity index is 1080. The Hall–Kier alpha value is -3.39. The van der Waals surface area contributed by atoms with Gasteiger partial charge in [0.25, 0.3) is 0 Å². The van der Waals surface area contributed by atoms with Crippen LogP contribution in [0.2, 0.25) is 0 Å². The van der Waals surface area contributed by atoms with E-state index in [2.05, 4.69) is 18.0 Å². The molecule has 1 amide bonds. The second-order valence-corrected chi connectivity index (χ2v) is 9.00. The van der Waals surface area contributed by atoms with Crippen LogP contribution in [-0.4, -0.2) is 68.8 Å². The molecule has 8 nitrogen and oxygen atoms in total. The number of likely N-dealkylation sites (N-methyl/N-ethyl adjacent to an activating group) is 1. The summed E-state index contributed by atoms with van der Waals surface area (Å²) in [5, 5.41) is 0. The summed E-state index contributed by atoms with van der Waals surface area (Å²) in [5.74, 6) is -0.602. The van der Waals surface area contributed by atoms with E-state index >= 15 is 0 Å². The molecule has 0 saturated carbocycles. The van der Waals surface area contributed by atoms with Crippen LogP contribution >= 0.6 is 0 Å². The van der Waals surface area contributed by atoms with Gasteiger partial charge >= 0.3 is 18.0 Å². The highest BCUT2D eigenvalue weighted by Crippen LogP contribution is 2.24. The lowest BCUT2D eigenvalue weighted by atomic mass is 9.95. The van der Waals surface area contributed by atoms with Crippen LogP contribution in [0.1, 0.15) is 62.7 Å². The van der Waals surface area contributed by atoms with Crippen LogP contribution in [0.3, 0.4) is 0 Å². The Balaban J connectivity index is 0.000000212. The first-order valence-corrected chi connectivity index (χ1v) is 12.4. The fourth-order valence-electron chi connectivity index (χ4n) is 4.45. The number of unbranched alkanes of at least 4 members (excludes halogenated alkanes) is 1. The molecule has 36 heavy (non-hydrogen) atoms. The Labute approximate surface area is 213 Å². The van der Waals surface area contributed by atoms with Crippen LogP contribution in [0, 0.1) is 0 Å². The first-order valence-electron chi connectivity index (χ1n) is 12.4. The lowest BCUT2D eigenvalue weighted by Crippen LogP contribution is -2.37. The van der Waals surface area contributed by atoms with E-state index in [0.717, 1.165) is 55.5 Å². The fourth-order valence-corrected chi connectivity index (χ4v) is 4.45. The van der Waals surface area contributed by atoms with Gasteiger partial charge in [-0.25, -0.2) is 14.4 Å². The van der Waals surface area contributed by atoms with Crippen molar-refractivity contribution in [3.05, 3.63) is 69.8 Å². The van der Waals surface area contributed by atoms with Gasteiger partial charge in [-0.1, -0.05) is 37.6 Å². The van der Waals surface area contributed by atoms with Gasteiger partial charge in [0.15, 0.2) is 0 Å². The van der Waals surface area contributed by atoms with Gasteiger partial charge in [-0.15, -0.1) is 0 Å². The maximum Gasteiger partial charge on any atom is 0.410 e. The average molecular weight is 497 g/mol. The maximum absolute atomic E-state index is 12.0. The molecule has 0 aromatic heterocycles. The molecule has 4 rings (SSSR count). The summed E-state index contributed by atoms with van der Waals surface area (Å²) >= 11 is 0. The number of fused-ring (bicyclic) bond motifs is 2. The molecule has 2 aliphatic heterocycles. The van der Waals surface area contributed by atoms with Gasteiger partial charge in [0.05, 0.1) is 38.5 Å². The van der Waals surface area contributed by atoms with E-state index in [-0.39, 0.29) is 18.0 Å². The van der Waals surface area contributed by atoms with Crippen LogP contribution < -0.4 is 0 Å². The molecule has 0 radical (unpaired) electrons. The molecule has 2 aromatic rings. The first-order chi connectivity index (χ1) is 17.4. The van der Waals surface area contributed by atoms with Crippen molar-refractivity contribution in [3.63, 3.8) is 0 Å². The third kappa shape index (κ3) is 6.63. The second-order valence-electron chi connectivity index (χ2n) is 9.00. The van der Waals surface area contributed by atoms with Gasteiger partial charge in [-0.3, -0.25) is 0 Å². The predicted octanol–water partition coefficient (Wildman–Crippen LogP) is 4.23. The summed E-state index contributed by atoms with van der Waals surface area (Å²) in [6.45, 7) is 5.39. The van der Waals surface area contributed by atoms with Crippen molar-refractivity contribution >= 4 is 18.0 Å². The Morgan fingerprint density at radius 3 is 1.94 bits per heavy atom. The summed E-state index contributed by atoms with van der Waals surface area (Å²) in [7, 11) is 4.85. The number of ether oxygens (including phenoxy) is 3. The predicted molar refractivity (Wildman–Crippen MR) is 136 cm³/mol. The molecule has 194 valence electrons. The van der Waals surface area contributed by atoms with Crippen molar-refractivity contribution in [2.45, 2.75) is 45.7 Å². The van der Waals surface area contributed by atoms with Gasteiger partial charge in [0, 0.05) is 19.6 Å². The van der Waals surface area contributed by atoms with E-state index in [1.54, 1.807) is 11.0 Å². The summed E-state index contributed by atoms with van der Waals surface area (Å²) in [4.78, 5) is 39.2. The largest absolute Gasteiger partial charge is 0.465 e. The summed E-state index contributed by atoms with van der Waals surface area (Å²) in [6.07, 6.45) is 3.28. The Morgan fingerprint density at radius 2 is 1.39 bits per heavy atom. The number of esters is 2.